The molecule has 6 nitrogen and oxygen atoms in total. The second-order valence-corrected chi connectivity index (χ2v) is 9.93. The fourth-order valence-corrected chi connectivity index (χ4v) is 4.80. The van der Waals surface area contributed by atoms with E-state index in [1.807, 2.05) is 26.0 Å². The molecule has 2 aliphatic carbocycles. The van der Waals surface area contributed by atoms with Crippen LogP contribution in [0.1, 0.15) is 73.1 Å². The molecule has 1 aromatic carbocycles. The number of para-hydroxylation sites is 2. The fraction of sp³-hybridized carbons (Fsp3) is 0.581. The Labute approximate surface area is 234 Å². The Kier molecular flexibility index (Phi) is 14.1. The lowest BCUT2D eigenvalue weighted by Gasteiger charge is -2.36. The number of rotatable bonds is 11. The molecule has 0 aliphatic heterocycles. The van der Waals surface area contributed by atoms with Crippen LogP contribution in [0, 0.1) is 0 Å². The fourth-order valence-electron chi connectivity index (χ4n) is 4.80. The van der Waals surface area contributed by atoms with Gasteiger partial charge in [-0.25, -0.2) is 13.6 Å². The average Bonchev–Trinajstić information content (AvgIpc) is 3.10. The Bertz CT molecular complexity index is 987. The van der Waals surface area contributed by atoms with Crippen LogP contribution in [0.4, 0.5) is 19.3 Å². The molecule has 0 heterocycles. The molecule has 8 heteroatoms. The monoisotopic (exact) mass is 546 g/mol. The number of nitrogens with one attached hydrogen (secondary N) is 2. The van der Waals surface area contributed by atoms with Gasteiger partial charge >= 0.3 is 6.03 Å². The largest absolute Gasteiger partial charge is 0.489 e. The first-order valence-corrected chi connectivity index (χ1v) is 14.5. The molecule has 1 saturated carbocycles. The van der Waals surface area contributed by atoms with Crippen LogP contribution in [0.25, 0.3) is 0 Å². The number of benzene rings is 1. The minimum absolute atomic E-state index is 0.0404. The number of hydrogen-bond donors (Lipinski definition) is 2. The van der Waals surface area contributed by atoms with Gasteiger partial charge in [-0.15, -0.1) is 0 Å². The summed E-state index contributed by atoms with van der Waals surface area (Å²) >= 11 is 0. The van der Waals surface area contributed by atoms with Crippen molar-refractivity contribution in [2.24, 2.45) is 0 Å². The number of nitrogens with zero attached hydrogens (tertiary/aromatic N) is 2. The molecule has 0 aromatic heterocycles. The molecule has 0 bridgehead atoms. The van der Waals surface area contributed by atoms with Crippen LogP contribution in [-0.4, -0.2) is 55.8 Å². The second kappa shape index (κ2) is 17.0. The molecular formula is C31H48F2N4O2. The first kappa shape index (κ1) is 32.3. The van der Waals surface area contributed by atoms with E-state index < -0.39 is 17.7 Å². The maximum atomic E-state index is 14.1. The number of amides is 2. The molecule has 1 aromatic rings. The summed E-state index contributed by atoms with van der Waals surface area (Å²) in [5, 5.41) is 5.51. The average molecular weight is 547 g/mol. The molecule has 0 spiro atoms. The van der Waals surface area contributed by atoms with Gasteiger partial charge < -0.3 is 25.2 Å². The lowest BCUT2D eigenvalue weighted by atomic mass is 9.90. The quantitative estimate of drug-likeness (QED) is 0.307. The smallest absolute Gasteiger partial charge is 0.319 e. The van der Waals surface area contributed by atoms with Crippen LogP contribution in [0.15, 0.2) is 59.8 Å². The zero-order valence-corrected chi connectivity index (χ0v) is 24.6. The highest BCUT2D eigenvalue weighted by Gasteiger charge is 2.26. The van der Waals surface area contributed by atoms with Crippen molar-refractivity contribution in [2.45, 2.75) is 91.3 Å². The predicted octanol–water partition coefficient (Wildman–Crippen LogP) is 7.25. The van der Waals surface area contributed by atoms with Crippen molar-refractivity contribution < 1.29 is 18.3 Å². The Morgan fingerprint density at radius 2 is 1.79 bits per heavy atom. The Morgan fingerprint density at radius 1 is 1.10 bits per heavy atom. The molecule has 1 atom stereocenters. The molecule has 3 rings (SSSR count). The summed E-state index contributed by atoms with van der Waals surface area (Å²) in [6, 6.07) is 8.30. The van der Waals surface area contributed by atoms with Gasteiger partial charge in [-0.05, 0) is 71.2 Å². The standard InChI is InChI=1S/C29H42F2N4O2.C2H6/c1-5-21(3)37-28-13-8-7-12-27(28)35(6-2)19-18-34(4)24-16-14-23(15-17-24)32-29(36)33-26-11-9-10-22(30)20-25(26)31;1-2/h7-10,12-13,20-21,23-24H,5-6,11,14-19H2,1-4H3,(H2,32,33,36);1-2H3. The van der Waals surface area contributed by atoms with E-state index in [1.165, 1.54) is 12.2 Å². The molecule has 39 heavy (non-hydrogen) atoms. The summed E-state index contributed by atoms with van der Waals surface area (Å²) < 4.78 is 33.5. The molecule has 1 unspecified atom stereocenters. The van der Waals surface area contributed by atoms with Gasteiger partial charge in [0.15, 0.2) is 0 Å². The number of hydrogen-bond acceptors (Lipinski definition) is 4. The number of halogens is 2. The topological polar surface area (TPSA) is 56.8 Å². The van der Waals surface area contributed by atoms with Crippen molar-refractivity contribution in [3.8, 4) is 5.75 Å². The summed E-state index contributed by atoms with van der Waals surface area (Å²) in [7, 11) is 2.17. The van der Waals surface area contributed by atoms with Gasteiger partial charge in [0.25, 0.3) is 0 Å². The highest BCUT2D eigenvalue weighted by atomic mass is 19.1. The van der Waals surface area contributed by atoms with E-state index in [2.05, 4.69) is 60.4 Å². The minimum Gasteiger partial charge on any atom is -0.489 e. The van der Waals surface area contributed by atoms with Crippen LogP contribution >= 0.6 is 0 Å². The van der Waals surface area contributed by atoms with Crippen molar-refractivity contribution >= 4 is 11.7 Å². The molecule has 0 radical (unpaired) electrons. The van der Waals surface area contributed by atoms with Gasteiger partial charge in [0.2, 0.25) is 0 Å². The van der Waals surface area contributed by atoms with Crippen molar-refractivity contribution in [3.63, 3.8) is 0 Å². The second-order valence-electron chi connectivity index (χ2n) is 9.93. The van der Waals surface area contributed by atoms with E-state index in [0.717, 1.165) is 69.3 Å². The summed E-state index contributed by atoms with van der Waals surface area (Å²) in [5.74, 6) is -0.483. The van der Waals surface area contributed by atoms with Crippen LogP contribution in [0.3, 0.4) is 0 Å². The van der Waals surface area contributed by atoms with Gasteiger partial charge in [0.05, 0.1) is 17.5 Å². The molecular weight excluding hydrogens is 498 g/mol. The van der Waals surface area contributed by atoms with E-state index in [9.17, 15) is 13.6 Å². The number of allylic oxidation sites excluding steroid dienone is 5. The molecule has 2 aliphatic rings. The number of ether oxygens (including phenoxy) is 1. The molecule has 1 fully saturated rings. The van der Waals surface area contributed by atoms with Gasteiger partial charge in [0.1, 0.15) is 17.4 Å². The van der Waals surface area contributed by atoms with Gasteiger partial charge in [-0.3, -0.25) is 0 Å². The van der Waals surface area contributed by atoms with E-state index in [0.29, 0.717) is 6.04 Å². The van der Waals surface area contributed by atoms with Gasteiger partial charge in [-0.2, -0.15) is 0 Å². The van der Waals surface area contributed by atoms with Crippen molar-refractivity contribution in [2.75, 3.05) is 31.6 Å². The number of urea groups is 1. The van der Waals surface area contributed by atoms with Crippen molar-refractivity contribution in [1.82, 2.24) is 15.5 Å². The van der Waals surface area contributed by atoms with Crippen molar-refractivity contribution in [1.29, 1.82) is 0 Å². The van der Waals surface area contributed by atoms with Crippen LogP contribution in [-0.2, 0) is 0 Å². The lowest BCUT2D eigenvalue weighted by molar-refractivity contribution is 0.176. The number of carbonyl (C=O) groups is 1. The minimum atomic E-state index is -0.752. The third-order valence-corrected chi connectivity index (χ3v) is 7.28. The Balaban J connectivity index is 0.00000260. The van der Waals surface area contributed by atoms with Crippen LogP contribution in [0.5, 0.6) is 5.75 Å². The highest BCUT2D eigenvalue weighted by Crippen LogP contribution is 2.29. The van der Waals surface area contributed by atoms with E-state index in [4.69, 9.17) is 4.74 Å². The summed E-state index contributed by atoms with van der Waals surface area (Å²) in [6.45, 7) is 13.1. The third kappa shape index (κ3) is 10.3. The normalized spacial score (nSPS) is 19.9. The molecule has 2 amide bonds. The summed E-state index contributed by atoms with van der Waals surface area (Å²) in [5.41, 5.74) is 1.21. The highest BCUT2D eigenvalue weighted by molar-refractivity contribution is 5.76. The number of anilines is 1. The maximum absolute atomic E-state index is 14.1. The maximum Gasteiger partial charge on any atom is 0.319 e. The van der Waals surface area contributed by atoms with Crippen molar-refractivity contribution in [3.05, 3.63) is 59.8 Å². The SMILES string of the molecule is CC.CCC(C)Oc1ccccc1N(CC)CCN(C)C1CCC(NC(=O)NC2=C(F)C=C(F)C=CC2)CC1. The summed E-state index contributed by atoms with van der Waals surface area (Å²) in [4.78, 5) is 17.2. The van der Waals surface area contributed by atoms with Gasteiger partial charge in [-0.1, -0.05) is 39.0 Å². The zero-order chi connectivity index (χ0) is 28.8. The van der Waals surface area contributed by atoms with E-state index in [-0.39, 0.29) is 24.3 Å². The predicted molar refractivity (Wildman–Crippen MR) is 157 cm³/mol. The molecule has 2 N–H and O–H groups in total. The first-order chi connectivity index (χ1) is 18.8. The van der Waals surface area contributed by atoms with E-state index in [1.54, 1.807) is 0 Å². The van der Waals surface area contributed by atoms with E-state index >= 15 is 0 Å². The third-order valence-electron chi connectivity index (χ3n) is 7.28. The zero-order valence-electron chi connectivity index (χ0n) is 24.6. The Morgan fingerprint density at radius 3 is 2.46 bits per heavy atom. The van der Waals surface area contributed by atoms with Gasteiger partial charge in [0, 0.05) is 44.2 Å². The van der Waals surface area contributed by atoms with Crippen LogP contribution in [0.2, 0.25) is 0 Å². The number of likely N-dealkylation sites (N-methyl/N-ethyl adjacent to an activating group) is 2. The molecule has 0 saturated heterocycles. The Hall–Kier alpha value is -2.87. The van der Waals surface area contributed by atoms with Crippen LogP contribution < -0.4 is 20.3 Å². The lowest BCUT2D eigenvalue weighted by Crippen LogP contribution is -2.47. The number of carbonyl (C=O) groups excluding carboxylic acids is 1. The summed E-state index contributed by atoms with van der Waals surface area (Å²) in [6.07, 6.45) is 8.45. The molecule has 218 valence electrons. The first-order valence-electron chi connectivity index (χ1n) is 14.5.